The molecule has 0 spiro atoms. The fourth-order valence-corrected chi connectivity index (χ4v) is 1.99. The van der Waals surface area contributed by atoms with Crippen LogP contribution in [0.5, 0.6) is 0 Å². The van der Waals surface area contributed by atoms with Gasteiger partial charge >= 0.3 is 6.09 Å². The first-order valence-electron chi connectivity index (χ1n) is 8.36. The number of hydrogen-bond donors (Lipinski definition) is 3. The summed E-state index contributed by atoms with van der Waals surface area (Å²) in [7, 11) is 3.40. The van der Waals surface area contributed by atoms with Crippen molar-refractivity contribution in [2.24, 2.45) is 4.99 Å². The Hall–Kier alpha value is -2.28. The van der Waals surface area contributed by atoms with Crippen LogP contribution in [0.1, 0.15) is 26.3 Å². The lowest BCUT2D eigenvalue weighted by Gasteiger charge is -2.19. The van der Waals surface area contributed by atoms with Gasteiger partial charge in [-0.1, -0.05) is 12.1 Å². The number of benzene rings is 1. The van der Waals surface area contributed by atoms with Crippen LogP contribution in [-0.4, -0.2) is 51.5 Å². The minimum absolute atomic E-state index is 0.451. The number of amides is 1. The van der Waals surface area contributed by atoms with Gasteiger partial charge in [0.15, 0.2) is 5.96 Å². The maximum Gasteiger partial charge on any atom is 0.412 e. The molecule has 25 heavy (non-hydrogen) atoms. The standard InChI is InChI=1S/C18H30N4O3/c1-18(2,3)25-17(23)22-15-8-6-14(7-9-15)10-11-20-16(19-4)21-12-13-24-5/h6-9H,10-13H2,1-5H3,(H,22,23)(H2,19,20,21). The third kappa shape index (κ3) is 9.56. The fraction of sp³-hybridized carbons (Fsp3) is 0.556. The second kappa shape index (κ2) is 10.6. The van der Waals surface area contributed by atoms with Crippen molar-refractivity contribution < 1.29 is 14.3 Å². The van der Waals surface area contributed by atoms with E-state index >= 15 is 0 Å². The lowest BCUT2D eigenvalue weighted by atomic mass is 10.1. The predicted octanol–water partition coefficient (Wildman–Crippen LogP) is 2.39. The monoisotopic (exact) mass is 350 g/mol. The van der Waals surface area contributed by atoms with Gasteiger partial charge in [-0.2, -0.15) is 0 Å². The van der Waals surface area contributed by atoms with Crippen molar-refractivity contribution in [2.45, 2.75) is 32.8 Å². The van der Waals surface area contributed by atoms with Gasteiger partial charge in [0, 0.05) is 32.9 Å². The zero-order valence-corrected chi connectivity index (χ0v) is 15.8. The summed E-state index contributed by atoms with van der Waals surface area (Å²) in [5.74, 6) is 0.750. The van der Waals surface area contributed by atoms with Crippen LogP contribution in [0.4, 0.5) is 10.5 Å². The lowest BCUT2D eigenvalue weighted by Crippen LogP contribution is -2.39. The maximum atomic E-state index is 11.7. The Kier molecular flexibility index (Phi) is 8.77. The van der Waals surface area contributed by atoms with Crippen LogP contribution in [0.3, 0.4) is 0 Å². The van der Waals surface area contributed by atoms with E-state index in [1.807, 2.05) is 45.0 Å². The summed E-state index contributed by atoms with van der Waals surface area (Å²) in [6.07, 6.45) is 0.394. The number of carbonyl (C=O) groups is 1. The minimum atomic E-state index is -0.508. The molecule has 1 amide bonds. The first-order chi connectivity index (χ1) is 11.8. The molecule has 0 saturated carbocycles. The lowest BCUT2D eigenvalue weighted by molar-refractivity contribution is 0.0636. The van der Waals surface area contributed by atoms with Gasteiger partial charge in [0.05, 0.1) is 6.61 Å². The zero-order valence-electron chi connectivity index (χ0n) is 15.8. The van der Waals surface area contributed by atoms with E-state index in [-0.39, 0.29) is 0 Å². The summed E-state index contributed by atoms with van der Waals surface area (Å²) >= 11 is 0. The normalized spacial score (nSPS) is 11.8. The average molecular weight is 350 g/mol. The Morgan fingerprint density at radius 3 is 2.32 bits per heavy atom. The smallest absolute Gasteiger partial charge is 0.412 e. The maximum absolute atomic E-state index is 11.7. The zero-order chi connectivity index (χ0) is 18.7. The number of nitrogens with zero attached hydrogens (tertiary/aromatic N) is 1. The predicted molar refractivity (Wildman–Crippen MR) is 101 cm³/mol. The van der Waals surface area contributed by atoms with Gasteiger partial charge in [0.1, 0.15) is 5.60 Å². The van der Waals surface area contributed by atoms with Crippen LogP contribution in [0.15, 0.2) is 29.3 Å². The van der Waals surface area contributed by atoms with Crippen LogP contribution in [-0.2, 0) is 15.9 Å². The van der Waals surface area contributed by atoms with Crippen molar-refractivity contribution in [3.8, 4) is 0 Å². The van der Waals surface area contributed by atoms with Crippen LogP contribution >= 0.6 is 0 Å². The van der Waals surface area contributed by atoms with Crippen LogP contribution in [0.25, 0.3) is 0 Å². The molecule has 0 radical (unpaired) electrons. The third-order valence-electron chi connectivity index (χ3n) is 3.13. The molecule has 140 valence electrons. The highest BCUT2D eigenvalue weighted by molar-refractivity contribution is 5.84. The molecule has 1 aromatic rings. The summed E-state index contributed by atoms with van der Waals surface area (Å²) in [4.78, 5) is 15.9. The molecule has 1 aromatic carbocycles. The Morgan fingerprint density at radius 2 is 1.76 bits per heavy atom. The molecular weight excluding hydrogens is 320 g/mol. The summed E-state index contributed by atoms with van der Waals surface area (Å²) in [5, 5.41) is 9.12. The quantitative estimate of drug-likeness (QED) is 0.399. The first-order valence-corrected chi connectivity index (χ1v) is 8.36. The summed E-state index contributed by atoms with van der Waals surface area (Å²) in [6, 6.07) is 7.70. The molecule has 1 rings (SSSR count). The van der Waals surface area contributed by atoms with E-state index in [0.29, 0.717) is 18.8 Å². The van der Waals surface area contributed by atoms with Crippen molar-refractivity contribution in [1.29, 1.82) is 0 Å². The third-order valence-corrected chi connectivity index (χ3v) is 3.13. The molecule has 7 heteroatoms. The van der Waals surface area contributed by atoms with Gasteiger partial charge in [0.25, 0.3) is 0 Å². The SMILES string of the molecule is CN=C(NCCOC)NCCc1ccc(NC(=O)OC(C)(C)C)cc1. The van der Waals surface area contributed by atoms with Crippen molar-refractivity contribution >= 4 is 17.7 Å². The number of hydrogen-bond acceptors (Lipinski definition) is 4. The molecule has 0 aliphatic rings. The molecule has 0 fully saturated rings. The highest BCUT2D eigenvalue weighted by atomic mass is 16.6. The Bertz CT molecular complexity index is 550. The Labute approximate surface area is 150 Å². The molecule has 0 bridgehead atoms. The van der Waals surface area contributed by atoms with E-state index in [4.69, 9.17) is 9.47 Å². The number of guanidine groups is 1. The number of anilines is 1. The first kappa shape index (κ1) is 20.8. The summed E-state index contributed by atoms with van der Waals surface area (Å²) in [6.45, 7) is 7.60. The molecule has 0 aliphatic carbocycles. The van der Waals surface area contributed by atoms with E-state index in [1.165, 1.54) is 0 Å². The van der Waals surface area contributed by atoms with E-state index in [2.05, 4.69) is 20.9 Å². The van der Waals surface area contributed by atoms with Crippen molar-refractivity contribution in [3.63, 3.8) is 0 Å². The minimum Gasteiger partial charge on any atom is -0.444 e. The van der Waals surface area contributed by atoms with Crippen LogP contribution in [0.2, 0.25) is 0 Å². The number of ether oxygens (including phenoxy) is 2. The van der Waals surface area contributed by atoms with Gasteiger partial charge in [-0.25, -0.2) is 4.79 Å². The topological polar surface area (TPSA) is 84.0 Å². The second-order valence-corrected chi connectivity index (χ2v) is 6.49. The van der Waals surface area contributed by atoms with Crippen molar-refractivity contribution in [3.05, 3.63) is 29.8 Å². The van der Waals surface area contributed by atoms with E-state index in [0.717, 1.165) is 24.5 Å². The highest BCUT2D eigenvalue weighted by Gasteiger charge is 2.15. The van der Waals surface area contributed by atoms with Crippen molar-refractivity contribution in [1.82, 2.24) is 10.6 Å². The van der Waals surface area contributed by atoms with E-state index in [1.54, 1.807) is 14.2 Å². The van der Waals surface area contributed by atoms with Crippen LogP contribution in [0, 0.1) is 0 Å². The fourth-order valence-electron chi connectivity index (χ4n) is 1.99. The van der Waals surface area contributed by atoms with E-state index < -0.39 is 11.7 Å². The highest BCUT2D eigenvalue weighted by Crippen LogP contribution is 2.13. The summed E-state index contributed by atoms with van der Waals surface area (Å²) < 4.78 is 10.2. The molecule has 0 aliphatic heterocycles. The Morgan fingerprint density at radius 1 is 1.12 bits per heavy atom. The van der Waals surface area contributed by atoms with Crippen molar-refractivity contribution in [2.75, 3.05) is 39.2 Å². The number of carbonyl (C=O) groups excluding carboxylic acids is 1. The van der Waals surface area contributed by atoms with Gasteiger partial charge in [-0.05, 0) is 44.9 Å². The molecule has 0 atom stereocenters. The van der Waals surface area contributed by atoms with Crippen LogP contribution < -0.4 is 16.0 Å². The van der Waals surface area contributed by atoms with Gasteiger partial charge in [-0.3, -0.25) is 10.3 Å². The molecule has 0 aromatic heterocycles. The van der Waals surface area contributed by atoms with Gasteiger partial charge in [-0.15, -0.1) is 0 Å². The molecule has 7 nitrogen and oxygen atoms in total. The number of aliphatic imine (C=N–C) groups is 1. The molecular formula is C18H30N4O3. The molecule has 0 heterocycles. The number of nitrogens with one attached hydrogen (secondary N) is 3. The molecule has 0 saturated heterocycles. The average Bonchev–Trinajstić information content (AvgIpc) is 2.53. The summed E-state index contributed by atoms with van der Waals surface area (Å²) in [5.41, 5.74) is 1.36. The Balaban J connectivity index is 2.38. The van der Waals surface area contributed by atoms with Gasteiger partial charge < -0.3 is 20.1 Å². The second-order valence-electron chi connectivity index (χ2n) is 6.49. The molecule has 0 unspecified atom stereocenters. The number of methoxy groups -OCH3 is 1. The number of rotatable bonds is 7. The van der Waals surface area contributed by atoms with E-state index in [9.17, 15) is 4.79 Å². The molecule has 3 N–H and O–H groups in total. The van der Waals surface area contributed by atoms with Gasteiger partial charge in [0.2, 0.25) is 0 Å². The largest absolute Gasteiger partial charge is 0.444 e.